The van der Waals surface area contributed by atoms with Crippen LogP contribution in [0.5, 0.6) is 0 Å². The summed E-state index contributed by atoms with van der Waals surface area (Å²) in [7, 11) is 0. The molecule has 4 rings (SSSR count). The molecule has 0 bridgehead atoms. The van der Waals surface area contributed by atoms with Crippen LogP contribution in [0.2, 0.25) is 0 Å². The lowest BCUT2D eigenvalue weighted by atomic mass is 9.97. The van der Waals surface area contributed by atoms with Gasteiger partial charge < -0.3 is 5.32 Å². The molecule has 0 aromatic carbocycles. The first-order valence-electron chi connectivity index (χ1n) is 9.59. The molecule has 5 nitrogen and oxygen atoms in total. The number of nitrogens with one attached hydrogen (secondary N) is 1. The van der Waals surface area contributed by atoms with Crippen LogP contribution in [-0.2, 0) is 24.2 Å². The third-order valence-electron chi connectivity index (χ3n) is 5.04. The molecule has 0 fully saturated rings. The van der Waals surface area contributed by atoms with E-state index in [0.29, 0.717) is 11.7 Å². The van der Waals surface area contributed by atoms with Crippen LogP contribution in [0.1, 0.15) is 48.0 Å². The van der Waals surface area contributed by atoms with Crippen molar-refractivity contribution in [2.24, 2.45) is 0 Å². The van der Waals surface area contributed by atoms with Crippen LogP contribution < -0.4 is 10.9 Å². The van der Waals surface area contributed by atoms with Crippen molar-refractivity contribution >= 4 is 50.6 Å². The molecule has 0 aliphatic heterocycles. The van der Waals surface area contributed by atoms with E-state index in [-0.39, 0.29) is 23.3 Å². The minimum Gasteiger partial charge on any atom is -0.348 e. The molecule has 3 aromatic heterocycles. The number of aromatic nitrogens is 2. The molecule has 1 amide bonds. The van der Waals surface area contributed by atoms with Crippen molar-refractivity contribution in [3.63, 3.8) is 0 Å². The average molecular weight is 434 g/mol. The van der Waals surface area contributed by atoms with Crippen LogP contribution in [0.15, 0.2) is 27.5 Å². The zero-order chi connectivity index (χ0) is 19.7. The van der Waals surface area contributed by atoms with Crippen molar-refractivity contribution in [3.05, 3.63) is 43.2 Å². The van der Waals surface area contributed by atoms with Crippen LogP contribution >= 0.6 is 34.4 Å². The average Bonchev–Trinajstić information content (AvgIpc) is 3.34. The predicted molar refractivity (Wildman–Crippen MR) is 118 cm³/mol. The molecule has 3 aromatic rings. The predicted octanol–water partition coefficient (Wildman–Crippen LogP) is 4.39. The van der Waals surface area contributed by atoms with Crippen molar-refractivity contribution in [1.82, 2.24) is 14.9 Å². The van der Waals surface area contributed by atoms with E-state index in [2.05, 4.69) is 5.32 Å². The quantitative estimate of drug-likeness (QED) is 0.463. The summed E-state index contributed by atoms with van der Waals surface area (Å²) in [4.78, 5) is 33.6. The second-order valence-corrected chi connectivity index (χ2v) is 9.93. The van der Waals surface area contributed by atoms with Gasteiger partial charge in [-0.3, -0.25) is 14.2 Å². The number of thiophene rings is 2. The first-order valence-corrected chi connectivity index (χ1v) is 12.3. The van der Waals surface area contributed by atoms with E-state index in [9.17, 15) is 9.59 Å². The van der Waals surface area contributed by atoms with Crippen molar-refractivity contribution in [2.75, 3.05) is 5.75 Å². The third kappa shape index (κ3) is 3.77. The van der Waals surface area contributed by atoms with Gasteiger partial charge >= 0.3 is 0 Å². The lowest BCUT2D eigenvalue weighted by Crippen LogP contribution is -2.28. The van der Waals surface area contributed by atoms with E-state index in [0.717, 1.165) is 34.4 Å². The Hall–Kier alpha value is -1.64. The van der Waals surface area contributed by atoms with Gasteiger partial charge in [0.2, 0.25) is 5.91 Å². The Morgan fingerprint density at radius 2 is 2.21 bits per heavy atom. The Balaban J connectivity index is 1.55. The molecular weight excluding hydrogens is 410 g/mol. The van der Waals surface area contributed by atoms with Gasteiger partial charge in [0.25, 0.3) is 5.56 Å². The summed E-state index contributed by atoms with van der Waals surface area (Å²) < 4.78 is 1.71. The number of rotatable bonds is 6. The maximum absolute atomic E-state index is 13.1. The molecule has 1 N–H and O–H groups in total. The largest absolute Gasteiger partial charge is 0.348 e. The number of aryl methyl sites for hydroxylation is 2. The van der Waals surface area contributed by atoms with Gasteiger partial charge in [0.15, 0.2) is 5.16 Å². The molecular formula is C20H23N3O2S3. The van der Waals surface area contributed by atoms with Gasteiger partial charge in [-0.15, -0.1) is 22.7 Å². The van der Waals surface area contributed by atoms with Gasteiger partial charge in [-0.05, 0) is 56.5 Å². The molecule has 28 heavy (non-hydrogen) atoms. The van der Waals surface area contributed by atoms with E-state index in [1.54, 1.807) is 27.2 Å². The maximum Gasteiger partial charge on any atom is 0.263 e. The van der Waals surface area contributed by atoms with Gasteiger partial charge in [-0.1, -0.05) is 17.8 Å². The summed E-state index contributed by atoms with van der Waals surface area (Å²) >= 11 is 4.63. The topological polar surface area (TPSA) is 64.0 Å². The van der Waals surface area contributed by atoms with Crippen LogP contribution in [-0.4, -0.2) is 21.2 Å². The fraction of sp³-hybridized carbons (Fsp3) is 0.450. The number of amides is 1. The van der Waals surface area contributed by atoms with Gasteiger partial charge in [0.05, 0.1) is 17.2 Å². The van der Waals surface area contributed by atoms with Crippen molar-refractivity contribution < 1.29 is 4.79 Å². The molecule has 1 aliphatic carbocycles. The van der Waals surface area contributed by atoms with E-state index in [1.807, 2.05) is 31.4 Å². The highest BCUT2D eigenvalue weighted by Crippen LogP contribution is 2.34. The highest BCUT2D eigenvalue weighted by molar-refractivity contribution is 7.99. The lowest BCUT2D eigenvalue weighted by Gasteiger charge is -2.13. The summed E-state index contributed by atoms with van der Waals surface area (Å²) in [6, 6.07) is 3.99. The molecule has 0 spiro atoms. The van der Waals surface area contributed by atoms with Crippen molar-refractivity contribution in [3.8, 4) is 0 Å². The van der Waals surface area contributed by atoms with Gasteiger partial charge in [-0.2, -0.15) is 0 Å². The van der Waals surface area contributed by atoms with E-state index >= 15 is 0 Å². The second-order valence-electron chi connectivity index (χ2n) is 6.93. The normalized spacial score (nSPS) is 14.8. The molecule has 0 saturated carbocycles. The third-order valence-corrected chi connectivity index (χ3v) is 8.25. The summed E-state index contributed by atoms with van der Waals surface area (Å²) in [5, 5.41) is 6.47. The Morgan fingerprint density at radius 3 is 2.96 bits per heavy atom. The van der Waals surface area contributed by atoms with Gasteiger partial charge in [-0.25, -0.2) is 4.98 Å². The number of fused-ring (bicyclic) bond motifs is 3. The summed E-state index contributed by atoms with van der Waals surface area (Å²) in [5.41, 5.74) is 1.26. The Kier molecular flexibility index (Phi) is 5.89. The molecule has 1 unspecified atom stereocenters. The van der Waals surface area contributed by atoms with E-state index in [1.165, 1.54) is 28.6 Å². The summed E-state index contributed by atoms with van der Waals surface area (Å²) in [5.74, 6) is 0.201. The zero-order valence-corrected chi connectivity index (χ0v) is 18.4. The summed E-state index contributed by atoms with van der Waals surface area (Å²) in [6.07, 6.45) is 4.36. The molecule has 0 radical (unpaired) electrons. The highest BCUT2D eigenvalue weighted by atomic mass is 32.2. The number of nitrogens with zero attached hydrogens (tertiary/aromatic N) is 2. The molecule has 1 aliphatic rings. The molecule has 1 atom stereocenters. The van der Waals surface area contributed by atoms with Gasteiger partial charge in [0, 0.05) is 16.3 Å². The smallest absolute Gasteiger partial charge is 0.263 e. The molecule has 3 heterocycles. The fourth-order valence-electron chi connectivity index (χ4n) is 3.63. The Bertz CT molecular complexity index is 1050. The lowest BCUT2D eigenvalue weighted by molar-refractivity contribution is -0.119. The standard InChI is InChI=1S/C20H23N3O2S3/c1-3-23-19(25)17-13-7-4-5-8-15(13)28-18(17)22-20(23)27-11-16(24)21-12(2)14-9-6-10-26-14/h6,9-10,12H,3-5,7-8,11H2,1-2H3,(H,21,24). The van der Waals surface area contributed by atoms with Crippen LogP contribution in [0.3, 0.4) is 0 Å². The van der Waals surface area contributed by atoms with E-state index < -0.39 is 0 Å². The Labute approximate surface area is 176 Å². The fourth-order valence-corrected chi connectivity index (χ4v) is 6.54. The number of carbonyl (C=O) groups excluding carboxylic acids is 1. The minimum atomic E-state index is -0.0478. The van der Waals surface area contributed by atoms with Crippen LogP contribution in [0.25, 0.3) is 10.2 Å². The summed E-state index contributed by atoms with van der Waals surface area (Å²) in [6.45, 7) is 4.50. The van der Waals surface area contributed by atoms with Gasteiger partial charge in [0.1, 0.15) is 4.83 Å². The number of thioether (sulfide) groups is 1. The molecule has 0 saturated heterocycles. The SMILES string of the molecule is CCn1c(SCC(=O)NC(C)c2cccs2)nc2sc3c(c2c1=O)CCCC3. The Morgan fingerprint density at radius 1 is 1.39 bits per heavy atom. The number of hydrogen-bond acceptors (Lipinski definition) is 6. The number of carbonyl (C=O) groups is 1. The van der Waals surface area contributed by atoms with Crippen LogP contribution in [0, 0.1) is 0 Å². The maximum atomic E-state index is 13.1. The van der Waals surface area contributed by atoms with E-state index in [4.69, 9.17) is 4.98 Å². The van der Waals surface area contributed by atoms with Crippen LogP contribution in [0.4, 0.5) is 0 Å². The van der Waals surface area contributed by atoms with Crippen molar-refractivity contribution in [2.45, 2.75) is 57.3 Å². The minimum absolute atomic E-state index is 0.0130. The number of hydrogen-bond donors (Lipinski definition) is 1. The highest BCUT2D eigenvalue weighted by Gasteiger charge is 2.22. The second kappa shape index (κ2) is 8.39. The zero-order valence-electron chi connectivity index (χ0n) is 16.0. The monoisotopic (exact) mass is 433 g/mol. The molecule has 8 heteroatoms. The first kappa shape index (κ1) is 19.7. The van der Waals surface area contributed by atoms with Crippen molar-refractivity contribution in [1.29, 1.82) is 0 Å². The first-order chi connectivity index (χ1) is 13.6. The molecule has 148 valence electrons.